The molecular formula is C28H26N6O3. The average Bonchev–Trinajstić information content (AvgIpc) is 3.56. The van der Waals surface area contributed by atoms with Gasteiger partial charge in [-0.3, -0.25) is 14.4 Å². The molecule has 1 aliphatic rings. The fourth-order valence-electron chi connectivity index (χ4n) is 4.49. The van der Waals surface area contributed by atoms with Crippen molar-refractivity contribution in [2.24, 2.45) is 0 Å². The molecule has 2 heterocycles. The van der Waals surface area contributed by atoms with Gasteiger partial charge in [-0.2, -0.15) is 5.10 Å². The first-order valence-corrected chi connectivity index (χ1v) is 12.0. The highest BCUT2D eigenvalue weighted by Crippen LogP contribution is 2.34. The smallest absolute Gasteiger partial charge is 0.255 e. The normalized spacial score (nSPS) is 15.2. The lowest BCUT2D eigenvalue weighted by molar-refractivity contribution is -0.129. The van der Waals surface area contributed by atoms with Gasteiger partial charge >= 0.3 is 0 Å². The molecule has 3 aromatic carbocycles. The summed E-state index contributed by atoms with van der Waals surface area (Å²) in [7, 11) is 0. The maximum atomic E-state index is 13.3. The Hall–Kier alpha value is -4.79. The molecule has 0 saturated heterocycles. The van der Waals surface area contributed by atoms with Crippen molar-refractivity contribution in [3.05, 3.63) is 114 Å². The molecule has 4 aromatic rings. The molecule has 0 saturated carbocycles. The fourth-order valence-corrected chi connectivity index (χ4v) is 4.49. The van der Waals surface area contributed by atoms with E-state index in [9.17, 15) is 14.4 Å². The van der Waals surface area contributed by atoms with E-state index in [1.165, 1.54) is 6.33 Å². The van der Waals surface area contributed by atoms with E-state index in [2.05, 4.69) is 20.7 Å². The summed E-state index contributed by atoms with van der Waals surface area (Å²) in [5.41, 5.74) is 3.84. The number of rotatable bonds is 8. The van der Waals surface area contributed by atoms with Crippen LogP contribution in [0.2, 0.25) is 0 Å². The van der Waals surface area contributed by atoms with Gasteiger partial charge in [0.15, 0.2) is 0 Å². The van der Waals surface area contributed by atoms with Crippen molar-refractivity contribution in [2.45, 2.75) is 25.6 Å². The van der Waals surface area contributed by atoms with Crippen LogP contribution in [0.25, 0.3) is 5.69 Å². The maximum absolute atomic E-state index is 13.3. The van der Waals surface area contributed by atoms with E-state index >= 15 is 0 Å². The minimum absolute atomic E-state index is 0.202. The molecule has 3 amide bonds. The van der Waals surface area contributed by atoms with E-state index in [1.807, 2.05) is 61.5 Å². The van der Waals surface area contributed by atoms with Crippen LogP contribution >= 0.6 is 0 Å². The molecule has 0 spiro atoms. The highest BCUT2D eigenvalue weighted by atomic mass is 16.2. The molecular weight excluding hydrogens is 468 g/mol. The van der Waals surface area contributed by atoms with Gasteiger partial charge in [-0.25, -0.2) is 9.67 Å². The molecule has 0 fully saturated rings. The first-order chi connectivity index (χ1) is 18.0. The molecule has 0 bridgehead atoms. The number of nitrogens with one attached hydrogen (secondary N) is 2. The Bertz CT molecular complexity index is 1400. The summed E-state index contributed by atoms with van der Waals surface area (Å²) in [4.78, 5) is 44.5. The number of hydrogen-bond acceptors (Lipinski definition) is 5. The molecule has 9 heteroatoms. The van der Waals surface area contributed by atoms with Crippen LogP contribution in [0.4, 0.5) is 0 Å². The molecule has 0 radical (unpaired) electrons. The summed E-state index contributed by atoms with van der Waals surface area (Å²) < 4.78 is 1.65. The zero-order valence-electron chi connectivity index (χ0n) is 20.2. The first-order valence-electron chi connectivity index (χ1n) is 12.0. The van der Waals surface area contributed by atoms with Crippen molar-refractivity contribution in [2.75, 3.05) is 6.54 Å². The fraction of sp³-hybridized carbons (Fsp3) is 0.179. The van der Waals surface area contributed by atoms with Crippen LogP contribution in [0.3, 0.4) is 0 Å². The summed E-state index contributed by atoms with van der Waals surface area (Å²) in [6, 6.07) is 23.1. The average molecular weight is 495 g/mol. The molecule has 2 N–H and O–H groups in total. The Balaban J connectivity index is 1.22. The van der Waals surface area contributed by atoms with E-state index in [4.69, 9.17) is 0 Å². The van der Waals surface area contributed by atoms with Crippen LogP contribution in [-0.4, -0.2) is 43.9 Å². The Morgan fingerprint density at radius 3 is 2.43 bits per heavy atom. The van der Waals surface area contributed by atoms with E-state index in [1.54, 1.807) is 40.2 Å². The summed E-state index contributed by atoms with van der Waals surface area (Å²) >= 11 is 0. The Kier molecular flexibility index (Phi) is 6.76. The number of amides is 3. The zero-order valence-corrected chi connectivity index (χ0v) is 20.2. The van der Waals surface area contributed by atoms with Crippen LogP contribution in [0.1, 0.15) is 46.1 Å². The standard InChI is InChI=1S/C28H26N6O3/c1-19(21-11-13-22(14-12-21)34-18-29-17-31-34)32-25(35)15-30-27(36)26-23-9-5-6-10-24(23)28(37)33(26)16-20-7-3-2-4-8-20/h2-14,17-19,26H,15-16H2,1H3,(H,30,36)(H,32,35)/t19-,26+/m0/s1. The minimum Gasteiger partial charge on any atom is -0.348 e. The van der Waals surface area contributed by atoms with Crippen molar-refractivity contribution in [3.8, 4) is 5.69 Å². The van der Waals surface area contributed by atoms with Gasteiger partial charge in [0.2, 0.25) is 11.8 Å². The van der Waals surface area contributed by atoms with Crippen LogP contribution in [0.5, 0.6) is 0 Å². The van der Waals surface area contributed by atoms with Gasteiger partial charge < -0.3 is 15.5 Å². The van der Waals surface area contributed by atoms with Gasteiger partial charge in [-0.05, 0) is 41.8 Å². The van der Waals surface area contributed by atoms with Crippen molar-refractivity contribution in [1.82, 2.24) is 30.3 Å². The highest BCUT2D eigenvalue weighted by molar-refractivity contribution is 6.05. The number of carbonyl (C=O) groups is 3. The van der Waals surface area contributed by atoms with Crippen molar-refractivity contribution in [3.63, 3.8) is 0 Å². The second kappa shape index (κ2) is 10.4. The number of benzene rings is 3. The third-order valence-corrected chi connectivity index (χ3v) is 6.38. The lowest BCUT2D eigenvalue weighted by Gasteiger charge is -2.25. The summed E-state index contributed by atoms with van der Waals surface area (Å²) in [5.74, 6) is -0.922. The largest absolute Gasteiger partial charge is 0.348 e. The van der Waals surface area contributed by atoms with Crippen molar-refractivity contribution < 1.29 is 14.4 Å². The van der Waals surface area contributed by atoms with Gasteiger partial charge in [0, 0.05) is 12.1 Å². The van der Waals surface area contributed by atoms with E-state index < -0.39 is 11.9 Å². The molecule has 9 nitrogen and oxygen atoms in total. The van der Waals surface area contributed by atoms with Crippen LogP contribution < -0.4 is 10.6 Å². The monoisotopic (exact) mass is 494 g/mol. The topological polar surface area (TPSA) is 109 Å². The molecule has 0 unspecified atom stereocenters. The molecule has 37 heavy (non-hydrogen) atoms. The highest BCUT2D eigenvalue weighted by Gasteiger charge is 2.40. The maximum Gasteiger partial charge on any atom is 0.255 e. The van der Waals surface area contributed by atoms with Gasteiger partial charge in [-0.15, -0.1) is 0 Å². The lowest BCUT2D eigenvalue weighted by atomic mass is 10.0. The molecule has 0 aliphatic carbocycles. The van der Waals surface area contributed by atoms with E-state index in [-0.39, 0.29) is 24.4 Å². The second-order valence-electron chi connectivity index (χ2n) is 8.85. The van der Waals surface area contributed by atoms with Crippen LogP contribution in [0, 0.1) is 0 Å². The third-order valence-electron chi connectivity index (χ3n) is 6.38. The van der Waals surface area contributed by atoms with E-state index in [0.29, 0.717) is 17.7 Å². The number of hydrogen-bond donors (Lipinski definition) is 2. The van der Waals surface area contributed by atoms with Gasteiger partial charge in [-0.1, -0.05) is 60.7 Å². The van der Waals surface area contributed by atoms with Crippen molar-refractivity contribution in [1.29, 1.82) is 0 Å². The van der Waals surface area contributed by atoms with Crippen LogP contribution in [0.15, 0.2) is 91.5 Å². The zero-order chi connectivity index (χ0) is 25.8. The molecule has 1 aliphatic heterocycles. The molecule has 1 aromatic heterocycles. The number of nitrogens with zero attached hydrogens (tertiary/aromatic N) is 4. The molecule has 186 valence electrons. The van der Waals surface area contributed by atoms with Gasteiger partial charge in [0.25, 0.3) is 5.91 Å². The van der Waals surface area contributed by atoms with Crippen LogP contribution in [-0.2, 0) is 16.1 Å². The summed E-state index contributed by atoms with van der Waals surface area (Å²) in [6.45, 7) is 1.96. The Morgan fingerprint density at radius 2 is 1.70 bits per heavy atom. The second-order valence-corrected chi connectivity index (χ2v) is 8.85. The van der Waals surface area contributed by atoms with E-state index in [0.717, 1.165) is 16.8 Å². The predicted octanol–water partition coefficient (Wildman–Crippen LogP) is 2.96. The lowest BCUT2D eigenvalue weighted by Crippen LogP contribution is -2.43. The quantitative estimate of drug-likeness (QED) is 0.392. The van der Waals surface area contributed by atoms with Gasteiger partial charge in [0.05, 0.1) is 18.3 Å². The SMILES string of the molecule is C[C@H](NC(=O)CNC(=O)[C@H]1c2ccccc2C(=O)N1Cc1ccccc1)c1ccc(-n2cncn2)cc1. The summed E-state index contributed by atoms with van der Waals surface area (Å²) in [5, 5.41) is 9.73. The first kappa shape index (κ1) is 23.9. The number of aromatic nitrogens is 3. The Labute approximate surface area is 214 Å². The number of fused-ring (bicyclic) bond motifs is 1. The molecule has 2 atom stereocenters. The van der Waals surface area contributed by atoms with Gasteiger partial charge in [0.1, 0.15) is 18.7 Å². The number of carbonyl (C=O) groups excluding carboxylic acids is 3. The predicted molar refractivity (Wildman–Crippen MR) is 136 cm³/mol. The summed E-state index contributed by atoms with van der Waals surface area (Å²) in [6.07, 6.45) is 3.08. The Morgan fingerprint density at radius 1 is 0.973 bits per heavy atom. The third kappa shape index (κ3) is 5.11. The molecule has 5 rings (SSSR count). The minimum atomic E-state index is -0.807. The van der Waals surface area contributed by atoms with Crippen molar-refractivity contribution >= 4 is 17.7 Å².